The topological polar surface area (TPSA) is 61.2 Å². The van der Waals surface area contributed by atoms with Gasteiger partial charge in [-0.1, -0.05) is 115 Å². The minimum Gasteiger partial charge on any atom is -0.456 e. The molecule has 0 amide bonds. The third-order valence-corrected chi connectivity index (χ3v) is 11.6. The Morgan fingerprint density at radius 1 is 0.351 bits per heavy atom. The van der Waals surface area contributed by atoms with E-state index in [1.165, 1.54) is 32.6 Å². The van der Waals surface area contributed by atoms with Crippen molar-refractivity contribution < 1.29 is 4.42 Å². The van der Waals surface area contributed by atoms with E-state index in [1.54, 1.807) is 0 Å². The van der Waals surface area contributed by atoms with Gasteiger partial charge >= 0.3 is 0 Å². The zero-order valence-electron chi connectivity index (χ0n) is 30.4. The molecule has 6 nitrogen and oxygen atoms in total. The Morgan fingerprint density at radius 3 is 1.65 bits per heavy atom. The van der Waals surface area contributed by atoms with Crippen LogP contribution in [0, 0.1) is 0 Å². The number of aromatic nitrogens is 5. The summed E-state index contributed by atoms with van der Waals surface area (Å²) in [7, 11) is 0. The van der Waals surface area contributed by atoms with Gasteiger partial charge in [0.25, 0.3) is 0 Å². The zero-order valence-corrected chi connectivity index (χ0v) is 30.4. The first kappa shape index (κ1) is 30.5. The number of hydrogen-bond acceptors (Lipinski definition) is 4. The van der Waals surface area contributed by atoms with E-state index >= 15 is 0 Å². The van der Waals surface area contributed by atoms with Gasteiger partial charge in [0.2, 0.25) is 0 Å². The normalized spacial score (nSPS) is 12.2. The van der Waals surface area contributed by atoms with Gasteiger partial charge in [-0.3, -0.25) is 0 Å². The Morgan fingerprint density at radius 2 is 0.912 bits per heavy atom. The Balaban J connectivity index is 1.16. The number of para-hydroxylation sites is 1. The standard InChI is InChI=1S/C51H29N5O/c1-4-13-30(14-5-1)33-27-34(51-53-49(31-15-6-2-7-16-31)52-50(54-51)32-17-8-3-9-18-32)29-35(28-33)55-39-21-12-22-40-44(39)45-41(55)24-26-42-46(45)47-43(57-42)25-23-37-36-19-10-11-20-38(36)56(40)48(37)47/h1-29H. The number of rotatable bonds is 5. The van der Waals surface area contributed by atoms with E-state index in [-0.39, 0.29) is 0 Å². The Labute approximate surface area is 325 Å². The second kappa shape index (κ2) is 11.4. The van der Waals surface area contributed by atoms with Crippen LogP contribution in [-0.2, 0) is 0 Å². The van der Waals surface area contributed by atoms with Crippen LogP contribution in [0.25, 0.3) is 122 Å². The van der Waals surface area contributed by atoms with Crippen LogP contribution >= 0.6 is 0 Å². The molecule has 8 aromatic carbocycles. The lowest BCUT2D eigenvalue weighted by atomic mass is 10.0. The lowest BCUT2D eigenvalue weighted by molar-refractivity contribution is 0.669. The Bertz CT molecular complexity index is 3620. The van der Waals surface area contributed by atoms with Gasteiger partial charge in [-0.05, 0) is 71.8 Å². The molecule has 0 aliphatic carbocycles. The Hall–Kier alpha value is -7.83. The number of fused-ring (bicyclic) bond motifs is 4. The van der Waals surface area contributed by atoms with Crippen LogP contribution < -0.4 is 0 Å². The molecule has 57 heavy (non-hydrogen) atoms. The molecule has 5 heterocycles. The van der Waals surface area contributed by atoms with E-state index in [4.69, 9.17) is 19.4 Å². The predicted octanol–water partition coefficient (Wildman–Crippen LogP) is 13.0. The highest BCUT2D eigenvalue weighted by Gasteiger charge is 2.26. The first-order chi connectivity index (χ1) is 28.3. The lowest BCUT2D eigenvalue weighted by Crippen LogP contribution is -2.02. The van der Waals surface area contributed by atoms with Crippen LogP contribution in [0.15, 0.2) is 180 Å². The number of benzene rings is 8. The van der Waals surface area contributed by atoms with Gasteiger partial charge in [0.05, 0.1) is 33.0 Å². The molecule has 0 fully saturated rings. The van der Waals surface area contributed by atoms with Crippen molar-refractivity contribution in [3.63, 3.8) is 0 Å². The largest absolute Gasteiger partial charge is 0.456 e. The first-order valence-electron chi connectivity index (χ1n) is 19.2. The van der Waals surface area contributed by atoms with Crippen molar-refractivity contribution >= 4 is 71.1 Å². The molecule has 264 valence electrons. The molecule has 0 atom stereocenters. The van der Waals surface area contributed by atoms with Crippen LogP contribution in [0.1, 0.15) is 0 Å². The second-order valence-corrected chi connectivity index (χ2v) is 14.8. The highest BCUT2D eigenvalue weighted by molar-refractivity contribution is 6.37. The maximum atomic E-state index is 6.66. The highest BCUT2D eigenvalue weighted by Crippen LogP contribution is 2.48. The van der Waals surface area contributed by atoms with Crippen molar-refractivity contribution in [1.82, 2.24) is 23.9 Å². The minimum atomic E-state index is 0.610. The van der Waals surface area contributed by atoms with Gasteiger partial charge < -0.3 is 13.4 Å². The Kier molecular flexibility index (Phi) is 6.07. The molecular formula is C51H29N5O. The summed E-state index contributed by atoms with van der Waals surface area (Å²) < 4.78 is 11.5. The van der Waals surface area contributed by atoms with Crippen molar-refractivity contribution in [3.8, 4) is 51.0 Å². The highest BCUT2D eigenvalue weighted by atomic mass is 16.3. The molecule has 0 spiro atoms. The molecule has 0 saturated heterocycles. The summed E-state index contributed by atoms with van der Waals surface area (Å²) in [5.74, 6) is 1.87. The summed E-state index contributed by atoms with van der Waals surface area (Å²) in [5.41, 5.74) is 13.5. The third-order valence-electron chi connectivity index (χ3n) is 11.6. The van der Waals surface area contributed by atoms with E-state index < -0.39 is 0 Å². The molecule has 13 aromatic rings. The SMILES string of the molecule is c1ccc(-c2cc(-c3nc(-c4ccccc4)nc(-c4ccccc4)n3)cc(-n3c4ccc5oc6ccc7c8ccccc8n8c9cccc3c9c4c5c6c78)c2)cc1. The van der Waals surface area contributed by atoms with E-state index in [1.807, 2.05) is 60.7 Å². The van der Waals surface area contributed by atoms with Crippen LogP contribution in [0.4, 0.5) is 0 Å². The maximum absolute atomic E-state index is 6.66. The molecule has 0 aliphatic heterocycles. The molecule has 6 heteroatoms. The summed E-state index contributed by atoms with van der Waals surface area (Å²) in [5, 5.41) is 7.17. The van der Waals surface area contributed by atoms with Crippen LogP contribution in [-0.4, -0.2) is 23.9 Å². The molecule has 0 N–H and O–H groups in total. The van der Waals surface area contributed by atoms with Gasteiger partial charge in [-0.2, -0.15) is 0 Å². The fourth-order valence-electron chi connectivity index (χ4n) is 9.25. The maximum Gasteiger partial charge on any atom is 0.164 e. The van der Waals surface area contributed by atoms with Crippen molar-refractivity contribution in [2.24, 2.45) is 0 Å². The molecule has 0 aliphatic rings. The zero-order chi connectivity index (χ0) is 37.2. The van der Waals surface area contributed by atoms with E-state index in [0.717, 1.165) is 72.0 Å². The molecule has 5 aromatic heterocycles. The molecule has 13 rings (SSSR count). The van der Waals surface area contributed by atoms with Crippen LogP contribution in [0.2, 0.25) is 0 Å². The van der Waals surface area contributed by atoms with Gasteiger partial charge in [0.15, 0.2) is 17.5 Å². The van der Waals surface area contributed by atoms with Gasteiger partial charge in [-0.25, -0.2) is 15.0 Å². The monoisotopic (exact) mass is 727 g/mol. The van der Waals surface area contributed by atoms with Gasteiger partial charge in [0, 0.05) is 49.3 Å². The number of hydrogen-bond donors (Lipinski definition) is 0. The third kappa shape index (κ3) is 4.26. The number of nitrogens with zero attached hydrogens (tertiary/aromatic N) is 5. The number of furan rings is 1. The van der Waals surface area contributed by atoms with Crippen molar-refractivity contribution in [2.75, 3.05) is 0 Å². The molecule has 0 unspecified atom stereocenters. The molecule has 0 radical (unpaired) electrons. The van der Waals surface area contributed by atoms with E-state index in [9.17, 15) is 0 Å². The first-order valence-corrected chi connectivity index (χ1v) is 19.2. The summed E-state index contributed by atoms with van der Waals surface area (Å²) in [4.78, 5) is 15.3. The van der Waals surface area contributed by atoms with Crippen molar-refractivity contribution in [3.05, 3.63) is 176 Å². The van der Waals surface area contributed by atoms with Gasteiger partial charge in [-0.15, -0.1) is 0 Å². The van der Waals surface area contributed by atoms with Gasteiger partial charge in [0.1, 0.15) is 11.2 Å². The minimum absolute atomic E-state index is 0.610. The van der Waals surface area contributed by atoms with Crippen LogP contribution in [0.3, 0.4) is 0 Å². The van der Waals surface area contributed by atoms with Crippen molar-refractivity contribution in [1.29, 1.82) is 0 Å². The smallest absolute Gasteiger partial charge is 0.164 e. The summed E-state index contributed by atoms with van der Waals surface area (Å²) in [6.07, 6.45) is 0. The quantitative estimate of drug-likeness (QED) is 0.177. The summed E-state index contributed by atoms with van der Waals surface area (Å²) in [6.45, 7) is 0. The fourth-order valence-corrected chi connectivity index (χ4v) is 9.25. The molecular weight excluding hydrogens is 699 g/mol. The average Bonchev–Trinajstić information content (AvgIpc) is 3.91. The molecule has 0 saturated carbocycles. The predicted molar refractivity (Wildman–Crippen MR) is 232 cm³/mol. The summed E-state index contributed by atoms with van der Waals surface area (Å²) in [6, 6.07) is 61.7. The fraction of sp³-hybridized carbons (Fsp3) is 0. The average molecular weight is 728 g/mol. The second-order valence-electron chi connectivity index (χ2n) is 14.8. The van der Waals surface area contributed by atoms with Crippen LogP contribution in [0.5, 0.6) is 0 Å². The van der Waals surface area contributed by atoms with Crippen molar-refractivity contribution in [2.45, 2.75) is 0 Å². The molecule has 0 bridgehead atoms. The van der Waals surface area contributed by atoms with E-state index in [2.05, 4.69) is 124 Å². The lowest BCUT2D eigenvalue weighted by Gasteiger charge is -2.14. The summed E-state index contributed by atoms with van der Waals surface area (Å²) >= 11 is 0. The van der Waals surface area contributed by atoms with E-state index in [0.29, 0.717) is 17.5 Å².